The summed E-state index contributed by atoms with van der Waals surface area (Å²) in [5.41, 5.74) is -0.0718. The summed E-state index contributed by atoms with van der Waals surface area (Å²) in [7, 11) is 1.38. The quantitative estimate of drug-likeness (QED) is 0.275. The summed E-state index contributed by atoms with van der Waals surface area (Å²) >= 11 is 0. The summed E-state index contributed by atoms with van der Waals surface area (Å²) in [6.45, 7) is 3.49. The molecule has 1 saturated carbocycles. The first kappa shape index (κ1) is 23.8. The Morgan fingerprint density at radius 2 is 1.26 bits per heavy atom. The van der Waals surface area contributed by atoms with Crippen molar-refractivity contribution in [1.29, 1.82) is 0 Å². The van der Waals surface area contributed by atoms with Crippen LogP contribution in [0.5, 0.6) is 5.75 Å². The van der Waals surface area contributed by atoms with E-state index >= 15 is 0 Å². The summed E-state index contributed by atoms with van der Waals surface area (Å²) in [6, 6.07) is 22.9. The van der Waals surface area contributed by atoms with Crippen molar-refractivity contribution in [1.82, 2.24) is 0 Å². The van der Waals surface area contributed by atoms with E-state index in [4.69, 9.17) is 4.74 Å². The number of Topliss-reactive ketones (excluding diaryl/α,β-unsaturated/α-hetero) is 1. The Morgan fingerprint density at radius 3 is 1.68 bits per heavy atom. The van der Waals surface area contributed by atoms with Gasteiger partial charge in [0.05, 0.1) is 40.8 Å². The molecule has 8 heteroatoms. The number of ether oxygens (including phenoxy) is 1. The van der Waals surface area contributed by atoms with Gasteiger partial charge in [-0.1, -0.05) is 60.7 Å². The van der Waals surface area contributed by atoms with Crippen molar-refractivity contribution in [3.63, 3.8) is 0 Å². The minimum atomic E-state index is -1.30. The van der Waals surface area contributed by atoms with Crippen molar-refractivity contribution in [3.05, 3.63) is 100 Å². The molecule has 0 radical (unpaired) electrons. The van der Waals surface area contributed by atoms with E-state index in [1.165, 1.54) is 25.3 Å². The Kier molecular flexibility index (Phi) is 4.98. The molecule has 0 N–H and O–H groups in total. The zero-order chi connectivity index (χ0) is 27.0. The summed E-state index contributed by atoms with van der Waals surface area (Å²) < 4.78 is 5.12. The van der Waals surface area contributed by atoms with Gasteiger partial charge in [0.1, 0.15) is 11.4 Å². The molecule has 3 aromatic rings. The first-order valence-electron chi connectivity index (χ1n) is 12.3. The van der Waals surface area contributed by atoms with Crippen LogP contribution >= 0.6 is 0 Å². The molecule has 2 aliphatic carbocycles. The van der Waals surface area contributed by atoms with Crippen LogP contribution in [0.3, 0.4) is 0 Å². The lowest BCUT2D eigenvalue weighted by Gasteiger charge is -2.35. The number of anilines is 1. The maximum atomic E-state index is 14.3. The number of amides is 2. The predicted molar refractivity (Wildman–Crippen MR) is 140 cm³/mol. The molecule has 38 heavy (non-hydrogen) atoms. The van der Waals surface area contributed by atoms with E-state index in [0.29, 0.717) is 0 Å². The van der Waals surface area contributed by atoms with Gasteiger partial charge in [0.15, 0.2) is 5.78 Å². The van der Waals surface area contributed by atoms with Crippen molar-refractivity contribution >= 4 is 40.1 Å². The highest BCUT2D eigenvalue weighted by molar-refractivity contribution is 6.34. The van der Waals surface area contributed by atoms with Crippen molar-refractivity contribution in [2.24, 2.45) is 22.7 Å². The van der Waals surface area contributed by atoms with Gasteiger partial charge in [-0.2, -0.15) is 0 Å². The molecule has 1 heterocycles. The van der Waals surface area contributed by atoms with Gasteiger partial charge in [0.2, 0.25) is 11.8 Å². The fourth-order valence-corrected chi connectivity index (χ4v) is 7.01. The van der Waals surface area contributed by atoms with E-state index in [9.17, 15) is 24.5 Å². The summed E-state index contributed by atoms with van der Waals surface area (Å²) in [4.78, 5) is 54.7. The van der Waals surface area contributed by atoms with E-state index in [2.05, 4.69) is 0 Å². The number of carbonyl (C=O) groups excluding carboxylic acids is 3. The number of imide groups is 1. The van der Waals surface area contributed by atoms with Crippen LogP contribution in [0.4, 0.5) is 11.4 Å². The monoisotopic (exact) mass is 508 g/mol. The van der Waals surface area contributed by atoms with Crippen LogP contribution in [-0.4, -0.2) is 29.6 Å². The predicted octanol–water partition coefficient (Wildman–Crippen LogP) is 4.93. The average Bonchev–Trinajstić information content (AvgIpc) is 3.38. The summed E-state index contributed by atoms with van der Waals surface area (Å²) in [5.74, 6) is -3.13. The largest absolute Gasteiger partial charge is 0.496 e. The molecule has 4 atom stereocenters. The Balaban J connectivity index is 1.60. The van der Waals surface area contributed by atoms with Crippen LogP contribution in [0.15, 0.2) is 78.9 Å². The minimum Gasteiger partial charge on any atom is -0.496 e. The molecule has 2 bridgehead atoms. The normalized spacial score (nSPS) is 27.8. The molecule has 3 aliphatic rings. The van der Waals surface area contributed by atoms with Gasteiger partial charge in [-0.05, 0) is 48.3 Å². The van der Waals surface area contributed by atoms with Gasteiger partial charge < -0.3 is 4.74 Å². The lowest BCUT2D eigenvalue weighted by Crippen LogP contribution is -2.40. The first-order chi connectivity index (χ1) is 18.2. The third-order valence-electron chi connectivity index (χ3n) is 8.53. The molecular weight excluding hydrogens is 484 g/mol. The van der Waals surface area contributed by atoms with Crippen LogP contribution in [0, 0.1) is 32.8 Å². The number of nitro benzene ring substituents is 1. The number of carbonyl (C=O) groups is 3. The molecule has 1 aliphatic heterocycles. The molecule has 3 aromatic carbocycles. The molecule has 1 saturated heterocycles. The second-order valence-electron chi connectivity index (χ2n) is 10.3. The van der Waals surface area contributed by atoms with Crippen LogP contribution in [-0.2, 0) is 14.4 Å². The lowest BCUT2D eigenvalue weighted by molar-refractivity contribution is -0.384. The zero-order valence-electron chi connectivity index (χ0n) is 21.0. The number of methoxy groups -OCH3 is 1. The van der Waals surface area contributed by atoms with Crippen LogP contribution in [0.25, 0.3) is 11.1 Å². The Morgan fingerprint density at radius 1 is 0.789 bits per heavy atom. The average molecular weight is 509 g/mol. The van der Waals surface area contributed by atoms with Crippen LogP contribution < -0.4 is 9.64 Å². The topological polar surface area (TPSA) is 107 Å². The zero-order valence-corrected chi connectivity index (χ0v) is 21.0. The van der Waals surface area contributed by atoms with E-state index < -0.39 is 45.1 Å². The molecule has 6 rings (SSSR count). The molecule has 0 aromatic heterocycles. The van der Waals surface area contributed by atoms with Crippen molar-refractivity contribution in [2.45, 2.75) is 13.8 Å². The van der Waals surface area contributed by atoms with Crippen molar-refractivity contribution < 1.29 is 24.0 Å². The number of allylic oxidation sites excluding steroid dienone is 2. The van der Waals surface area contributed by atoms with Gasteiger partial charge in [-0.15, -0.1) is 0 Å². The maximum Gasteiger partial charge on any atom is 0.297 e. The fraction of sp³-hybridized carbons (Fsp3) is 0.233. The van der Waals surface area contributed by atoms with Crippen LogP contribution in [0.2, 0.25) is 0 Å². The maximum absolute atomic E-state index is 14.3. The molecule has 2 amide bonds. The van der Waals surface area contributed by atoms with Crippen molar-refractivity contribution in [2.75, 3.05) is 12.0 Å². The number of nitro groups is 1. The fourth-order valence-electron chi connectivity index (χ4n) is 7.01. The molecule has 4 unspecified atom stereocenters. The highest BCUT2D eigenvalue weighted by atomic mass is 16.6. The van der Waals surface area contributed by atoms with Gasteiger partial charge >= 0.3 is 0 Å². The lowest BCUT2D eigenvalue weighted by atomic mass is 9.63. The number of rotatable bonds is 5. The minimum absolute atomic E-state index is 0.123. The molecule has 190 valence electrons. The number of ketones is 1. The van der Waals surface area contributed by atoms with Gasteiger partial charge in [-0.25, -0.2) is 4.90 Å². The van der Waals surface area contributed by atoms with Gasteiger partial charge in [0.25, 0.3) is 5.69 Å². The van der Waals surface area contributed by atoms with Crippen LogP contribution in [0.1, 0.15) is 25.0 Å². The van der Waals surface area contributed by atoms with Gasteiger partial charge in [-0.3, -0.25) is 24.5 Å². The van der Waals surface area contributed by atoms with Gasteiger partial charge in [0, 0.05) is 0 Å². The standard InChI is InChI=1S/C30H24N2O6/c1-29-22(17-10-6-4-7-11-17)23(18-12-8-5-9-13-18)30(2,28(29)35)25-24(29)26(33)31(27(25)34)20-15-14-19(38-3)16-21(20)32(36)37/h4-16,24-25H,1-3H3. The summed E-state index contributed by atoms with van der Waals surface area (Å²) in [5, 5.41) is 11.9. The molecular formula is C30H24N2O6. The Bertz CT molecular complexity index is 1500. The molecule has 8 nitrogen and oxygen atoms in total. The second-order valence-corrected chi connectivity index (χ2v) is 10.3. The number of hydrogen-bond acceptors (Lipinski definition) is 6. The van der Waals surface area contributed by atoms with E-state index in [0.717, 1.165) is 27.2 Å². The summed E-state index contributed by atoms with van der Waals surface area (Å²) in [6.07, 6.45) is 0. The number of benzene rings is 3. The highest BCUT2D eigenvalue weighted by Crippen LogP contribution is 2.73. The third-order valence-corrected chi connectivity index (χ3v) is 8.53. The van der Waals surface area contributed by atoms with E-state index in [1.54, 1.807) is 13.8 Å². The number of fused-ring (bicyclic) bond motifs is 5. The van der Waals surface area contributed by atoms with Crippen molar-refractivity contribution in [3.8, 4) is 5.75 Å². The number of nitrogens with zero attached hydrogens (tertiary/aromatic N) is 2. The Labute approximate surface area is 218 Å². The smallest absolute Gasteiger partial charge is 0.297 e. The first-order valence-corrected chi connectivity index (χ1v) is 12.3. The molecule has 0 spiro atoms. The number of hydrogen-bond donors (Lipinski definition) is 0. The van der Waals surface area contributed by atoms with E-state index in [-0.39, 0.29) is 17.2 Å². The van der Waals surface area contributed by atoms with E-state index in [1.807, 2.05) is 60.7 Å². The highest BCUT2D eigenvalue weighted by Gasteiger charge is 2.79. The Hall–Kier alpha value is -4.59. The SMILES string of the molecule is COc1ccc(N2C(=O)C3C(C2=O)C2(C)C(=O)C3(C)C(c3ccccc3)=C2c2ccccc2)c([N+](=O)[O-])c1. The second kappa shape index (κ2) is 7.95. The molecule has 2 fully saturated rings. The third kappa shape index (κ3) is 2.77.